The molecule has 0 saturated carbocycles. The summed E-state index contributed by atoms with van der Waals surface area (Å²) in [5.74, 6) is -2.00. The van der Waals surface area contributed by atoms with Crippen LogP contribution >= 0.6 is 11.3 Å². The van der Waals surface area contributed by atoms with E-state index in [2.05, 4.69) is 56.2 Å². The number of halogens is 5. The fourth-order valence-electron chi connectivity index (χ4n) is 5.83. The van der Waals surface area contributed by atoms with Crippen LogP contribution in [-0.2, 0) is 6.18 Å². The van der Waals surface area contributed by atoms with E-state index in [1.165, 1.54) is 23.6 Å². The third kappa shape index (κ3) is 7.56. The number of piperidine rings is 1. The minimum atomic E-state index is -4.83. The number of carbonyl (C=O) groups excluding carboxylic acids is 1. The zero-order chi connectivity index (χ0) is 32.5. The fraction of sp³-hybridized carbons (Fsp3) is 0.483. The number of aromatic nitrogens is 2. The molecule has 45 heavy (non-hydrogen) atoms. The first-order valence-corrected chi connectivity index (χ1v) is 15.3. The van der Waals surface area contributed by atoms with Crippen LogP contribution in [0.5, 0.6) is 5.75 Å². The molecule has 0 bridgehead atoms. The summed E-state index contributed by atoms with van der Waals surface area (Å²) in [6.07, 6.45) is -2.43. The number of hydrogen-bond donors (Lipinski definition) is 3. The van der Waals surface area contributed by atoms with Gasteiger partial charge >= 0.3 is 12.8 Å². The van der Waals surface area contributed by atoms with Crippen molar-refractivity contribution in [1.82, 2.24) is 19.8 Å². The predicted octanol–water partition coefficient (Wildman–Crippen LogP) is 5.74. The molecule has 3 aromatic rings. The normalized spacial score (nSPS) is 20.4. The third-order valence-corrected chi connectivity index (χ3v) is 9.33. The summed E-state index contributed by atoms with van der Waals surface area (Å²) >= 11 is 0.952. The lowest BCUT2D eigenvalue weighted by Gasteiger charge is -2.47. The van der Waals surface area contributed by atoms with E-state index in [-0.39, 0.29) is 27.9 Å². The van der Waals surface area contributed by atoms with Crippen molar-refractivity contribution < 1.29 is 31.5 Å². The highest BCUT2D eigenvalue weighted by atomic mass is 32.1. The van der Waals surface area contributed by atoms with Gasteiger partial charge in [-0.25, -0.2) is 4.98 Å². The molecule has 0 radical (unpaired) electrons. The number of ether oxygens (including phenoxy) is 1. The Morgan fingerprint density at radius 1 is 1.09 bits per heavy atom. The molecule has 16 heteroatoms. The molecular weight excluding hydrogens is 619 g/mol. The zero-order valence-electron chi connectivity index (χ0n) is 24.9. The van der Waals surface area contributed by atoms with Crippen LogP contribution in [0.15, 0.2) is 35.8 Å². The summed E-state index contributed by atoms with van der Waals surface area (Å²) in [6, 6.07) is 7.46. The number of alkyl halides is 5. The van der Waals surface area contributed by atoms with E-state index >= 15 is 0 Å². The molecule has 2 aliphatic rings. The van der Waals surface area contributed by atoms with Crippen LogP contribution < -0.4 is 26.0 Å². The molecule has 4 heterocycles. The number of nitrogens with one attached hydrogen (secondary N) is 2. The second-order valence-corrected chi connectivity index (χ2v) is 12.2. The quantitative estimate of drug-likeness (QED) is 0.249. The van der Waals surface area contributed by atoms with Gasteiger partial charge in [0.05, 0.1) is 11.4 Å². The molecule has 2 aliphatic heterocycles. The second-order valence-electron chi connectivity index (χ2n) is 11.3. The van der Waals surface area contributed by atoms with Gasteiger partial charge in [-0.1, -0.05) is 0 Å². The van der Waals surface area contributed by atoms with E-state index in [0.717, 1.165) is 50.4 Å². The summed E-state index contributed by atoms with van der Waals surface area (Å²) < 4.78 is 73.0. The lowest BCUT2D eigenvalue weighted by molar-refractivity contribution is -0.137. The summed E-state index contributed by atoms with van der Waals surface area (Å²) in [6.45, 7) is 4.77. The SMILES string of the molecule is C[C@@H]1CN(C2CCN(c3ccc(Nc4ncc(C(F)(F)F)c(Nc5ccsc5C(N)=O)n4)c(OC(F)F)c3)CC2)C[C@H](C)N1C. The van der Waals surface area contributed by atoms with Crippen molar-refractivity contribution in [2.24, 2.45) is 5.73 Å². The molecule has 1 aromatic carbocycles. The molecule has 244 valence electrons. The molecule has 0 aliphatic carbocycles. The average Bonchev–Trinajstić information content (AvgIpc) is 3.44. The minimum absolute atomic E-state index is 0.0103. The molecule has 0 spiro atoms. The first kappa shape index (κ1) is 32.6. The van der Waals surface area contributed by atoms with Crippen LogP contribution in [0.4, 0.5) is 50.8 Å². The number of nitrogens with zero attached hydrogens (tertiary/aromatic N) is 5. The topological polar surface area (TPSA) is 112 Å². The van der Waals surface area contributed by atoms with Crippen LogP contribution in [0.25, 0.3) is 0 Å². The summed E-state index contributed by atoms with van der Waals surface area (Å²) in [4.78, 5) is 26.5. The highest BCUT2D eigenvalue weighted by molar-refractivity contribution is 7.12. The van der Waals surface area contributed by atoms with Crippen molar-refractivity contribution >= 4 is 46.1 Å². The van der Waals surface area contributed by atoms with E-state index in [4.69, 9.17) is 10.5 Å². The van der Waals surface area contributed by atoms with E-state index in [1.807, 2.05) is 0 Å². The maximum atomic E-state index is 13.8. The summed E-state index contributed by atoms with van der Waals surface area (Å²) in [5, 5.41) is 6.69. The second kappa shape index (κ2) is 13.3. The lowest BCUT2D eigenvalue weighted by Crippen LogP contribution is -2.59. The number of amides is 1. The number of primary amides is 1. The number of likely N-dealkylation sites (N-methyl/N-ethyl adjacent to an activating group) is 1. The minimum Gasteiger partial charge on any atom is -0.433 e. The number of hydrogen-bond acceptors (Lipinski definition) is 10. The van der Waals surface area contributed by atoms with Gasteiger partial charge in [0.25, 0.3) is 5.91 Å². The molecule has 0 unspecified atom stereocenters. The van der Waals surface area contributed by atoms with Crippen molar-refractivity contribution in [2.75, 3.05) is 48.8 Å². The molecular formula is C29H35F5N8O2S. The van der Waals surface area contributed by atoms with Gasteiger partial charge in [0, 0.05) is 62.3 Å². The number of anilines is 5. The van der Waals surface area contributed by atoms with Crippen molar-refractivity contribution in [2.45, 2.75) is 57.6 Å². The average molecular weight is 655 g/mol. The van der Waals surface area contributed by atoms with Gasteiger partial charge < -0.3 is 26.0 Å². The van der Waals surface area contributed by atoms with E-state index in [9.17, 15) is 26.7 Å². The van der Waals surface area contributed by atoms with E-state index < -0.39 is 30.1 Å². The van der Waals surface area contributed by atoms with Crippen LogP contribution in [0.3, 0.4) is 0 Å². The highest BCUT2D eigenvalue weighted by Crippen LogP contribution is 2.38. The smallest absolute Gasteiger partial charge is 0.421 e. The number of nitrogens with two attached hydrogens (primary N) is 1. The number of thiophene rings is 1. The Morgan fingerprint density at radius 2 is 1.78 bits per heavy atom. The molecule has 2 atom stereocenters. The maximum Gasteiger partial charge on any atom is 0.421 e. The fourth-order valence-corrected chi connectivity index (χ4v) is 6.53. The first-order valence-electron chi connectivity index (χ1n) is 14.5. The van der Waals surface area contributed by atoms with Crippen molar-refractivity contribution in [1.29, 1.82) is 0 Å². The Kier molecular flexibility index (Phi) is 9.65. The van der Waals surface area contributed by atoms with Crippen LogP contribution in [-0.4, -0.2) is 83.6 Å². The first-order chi connectivity index (χ1) is 21.3. The number of piperazine rings is 1. The Morgan fingerprint density at radius 3 is 2.40 bits per heavy atom. The zero-order valence-corrected chi connectivity index (χ0v) is 25.8. The van der Waals surface area contributed by atoms with Crippen molar-refractivity contribution in [3.8, 4) is 5.75 Å². The Bertz CT molecular complexity index is 1490. The molecule has 4 N–H and O–H groups in total. The Balaban J connectivity index is 1.34. The van der Waals surface area contributed by atoms with Gasteiger partial charge in [-0.05, 0) is 57.3 Å². The summed E-state index contributed by atoms with van der Waals surface area (Å²) in [5.41, 5.74) is 4.89. The molecule has 1 amide bonds. The van der Waals surface area contributed by atoms with Crippen LogP contribution in [0.1, 0.15) is 41.9 Å². The molecule has 5 rings (SSSR count). The van der Waals surface area contributed by atoms with Gasteiger partial charge in [0.2, 0.25) is 5.95 Å². The van der Waals surface area contributed by atoms with E-state index in [0.29, 0.717) is 30.0 Å². The highest BCUT2D eigenvalue weighted by Gasteiger charge is 2.36. The van der Waals surface area contributed by atoms with Gasteiger partial charge in [0.1, 0.15) is 16.3 Å². The number of carbonyl (C=O) groups is 1. The van der Waals surface area contributed by atoms with Gasteiger partial charge in [0.15, 0.2) is 5.75 Å². The Labute approximate surface area is 261 Å². The van der Waals surface area contributed by atoms with Crippen molar-refractivity contribution in [3.05, 3.63) is 46.3 Å². The largest absolute Gasteiger partial charge is 0.433 e. The molecule has 10 nitrogen and oxygen atoms in total. The third-order valence-electron chi connectivity index (χ3n) is 8.40. The molecule has 2 fully saturated rings. The van der Waals surface area contributed by atoms with Crippen molar-refractivity contribution in [3.63, 3.8) is 0 Å². The lowest BCUT2D eigenvalue weighted by atomic mass is 9.98. The predicted molar refractivity (Wildman–Crippen MR) is 163 cm³/mol. The van der Waals surface area contributed by atoms with Gasteiger partial charge in [-0.3, -0.25) is 14.6 Å². The number of rotatable bonds is 9. The van der Waals surface area contributed by atoms with Crippen LogP contribution in [0.2, 0.25) is 0 Å². The number of benzene rings is 1. The van der Waals surface area contributed by atoms with Crippen LogP contribution in [0, 0.1) is 0 Å². The van der Waals surface area contributed by atoms with Gasteiger partial charge in [-0.15, -0.1) is 11.3 Å². The summed E-state index contributed by atoms with van der Waals surface area (Å²) in [7, 11) is 2.15. The van der Waals surface area contributed by atoms with E-state index in [1.54, 1.807) is 6.07 Å². The monoisotopic (exact) mass is 654 g/mol. The maximum absolute atomic E-state index is 13.8. The molecule has 2 saturated heterocycles. The molecule has 2 aromatic heterocycles. The van der Waals surface area contributed by atoms with Gasteiger partial charge in [-0.2, -0.15) is 26.9 Å². The standard InChI is InChI=1S/C29H35F5N8O2S/c1-16-14-42(15-17(2)40(16)3)18-6-9-41(10-7-18)19-4-5-21(23(12-19)44-27(30)31)38-28-36-13-20(29(32,33)34)26(39-28)37-22-8-11-45-24(22)25(35)43/h4-5,8,11-13,16-18,27H,6-7,9-10,14-15H2,1-3H3,(H2,35,43)(H2,36,37,38,39)/t16-,17+. The Hall–Kier alpha value is -3.76.